The normalized spacial score (nSPS) is 17.4. The van der Waals surface area contributed by atoms with E-state index < -0.39 is 5.60 Å². The molecule has 0 amide bonds. The minimum atomic E-state index is -0.763. The summed E-state index contributed by atoms with van der Waals surface area (Å²) in [5.74, 6) is 2.59. The van der Waals surface area contributed by atoms with Gasteiger partial charge in [-0.1, -0.05) is 90.4 Å². The Kier molecular flexibility index (Phi) is 13.3. The van der Waals surface area contributed by atoms with Crippen LogP contribution in [0.25, 0.3) is 0 Å². The summed E-state index contributed by atoms with van der Waals surface area (Å²) in [6, 6.07) is 0. The van der Waals surface area contributed by atoms with Gasteiger partial charge < -0.3 is 5.11 Å². The van der Waals surface area contributed by atoms with E-state index in [0.29, 0.717) is 6.42 Å². The quantitative estimate of drug-likeness (QED) is 0.300. The van der Waals surface area contributed by atoms with E-state index in [9.17, 15) is 5.11 Å². The first kappa shape index (κ1) is 24.4. The SMILES string of the molecule is C=CC(C)(O)C/C=C(\C)CCCC(C)CCCC(C)CCCC(C)C. The van der Waals surface area contributed by atoms with Crippen LogP contribution < -0.4 is 0 Å². The smallest absolute Gasteiger partial charge is 0.0831 e. The van der Waals surface area contributed by atoms with Gasteiger partial charge in [0.2, 0.25) is 0 Å². The molecule has 148 valence electrons. The van der Waals surface area contributed by atoms with Gasteiger partial charge in [-0.25, -0.2) is 0 Å². The van der Waals surface area contributed by atoms with Gasteiger partial charge in [-0.2, -0.15) is 0 Å². The standard InChI is InChI=1S/C24H46O/c1-8-24(7,25)19-18-23(6)17-11-16-22(5)15-10-14-21(4)13-9-12-20(2)3/h8,18,20-22,25H,1,9-17,19H2,2-7H3/b23-18+. The van der Waals surface area contributed by atoms with Crippen molar-refractivity contribution in [2.24, 2.45) is 17.8 Å². The molecule has 1 nitrogen and oxygen atoms in total. The van der Waals surface area contributed by atoms with Gasteiger partial charge in [-0.15, -0.1) is 6.58 Å². The van der Waals surface area contributed by atoms with Crippen LogP contribution in [0, 0.1) is 17.8 Å². The van der Waals surface area contributed by atoms with Gasteiger partial charge in [-0.05, 0) is 50.9 Å². The second-order valence-corrected chi connectivity index (χ2v) is 9.17. The third-order valence-corrected chi connectivity index (χ3v) is 5.44. The zero-order valence-electron chi connectivity index (χ0n) is 18.1. The number of rotatable bonds is 15. The van der Waals surface area contributed by atoms with Crippen LogP contribution in [0.15, 0.2) is 24.3 Å². The van der Waals surface area contributed by atoms with Crippen LogP contribution in [0.1, 0.15) is 106 Å². The zero-order chi connectivity index (χ0) is 19.3. The third-order valence-electron chi connectivity index (χ3n) is 5.44. The molecule has 0 heterocycles. The maximum absolute atomic E-state index is 9.95. The predicted octanol–water partition coefficient (Wildman–Crippen LogP) is 7.70. The van der Waals surface area contributed by atoms with Crippen molar-refractivity contribution in [3.05, 3.63) is 24.3 Å². The van der Waals surface area contributed by atoms with Gasteiger partial charge in [0.1, 0.15) is 0 Å². The van der Waals surface area contributed by atoms with Crippen LogP contribution in [-0.4, -0.2) is 10.7 Å². The van der Waals surface area contributed by atoms with Gasteiger partial charge in [0.15, 0.2) is 0 Å². The van der Waals surface area contributed by atoms with Crippen LogP contribution in [0.3, 0.4) is 0 Å². The molecule has 0 fully saturated rings. The summed E-state index contributed by atoms with van der Waals surface area (Å²) in [6.45, 7) is 17.2. The van der Waals surface area contributed by atoms with E-state index in [0.717, 1.165) is 24.2 Å². The summed E-state index contributed by atoms with van der Waals surface area (Å²) in [5, 5.41) is 9.95. The molecule has 0 aromatic rings. The number of allylic oxidation sites excluding steroid dienone is 1. The van der Waals surface area contributed by atoms with Crippen LogP contribution in [0.2, 0.25) is 0 Å². The summed E-state index contributed by atoms with van der Waals surface area (Å²) in [4.78, 5) is 0. The molecule has 0 aliphatic heterocycles. The van der Waals surface area contributed by atoms with Crippen molar-refractivity contribution in [1.29, 1.82) is 0 Å². The van der Waals surface area contributed by atoms with E-state index in [1.807, 2.05) is 6.92 Å². The molecule has 0 aromatic heterocycles. The lowest BCUT2D eigenvalue weighted by molar-refractivity contribution is 0.115. The van der Waals surface area contributed by atoms with E-state index in [4.69, 9.17) is 0 Å². The first-order valence-corrected chi connectivity index (χ1v) is 10.7. The van der Waals surface area contributed by atoms with Crippen molar-refractivity contribution in [1.82, 2.24) is 0 Å². The van der Waals surface area contributed by atoms with E-state index in [1.165, 1.54) is 56.9 Å². The number of hydrogen-bond donors (Lipinski definition) is 1. The molecule has 0 bridgehead atoms. The topological polar surface area (TPSA) is 20.2 Å². The lowest BCUT2D eigenvalue weighted by atomic mass is 9.91. The van der Waals surface area contributed by atoms with Crippen LogP contribution in [0.5, 0.6) is 0 Å². The molecule has 0 spiro atoms. The number of aliphatic hydroxyl groups is 1. The fourth-order valence-electron chi connectivity index (χ4n) is 3.27. The van der Waals surface area contributed by atoms with Crippen LogP contribution >= 0.6 is 0 Å². The zero-order valence-corrected chi connectivity index (χ0v) is 18.1. The molecule has 0 rings (SSSR count). The Balaban J connectivity index is 3.74. The Hall–Kier alpha value is -0.560. The van der Waals surface area contributed by atoms with Gasteiger partial charge in [-0.3, -0.25) is 0 Å². The second-order valence-electron chi connectivity index (χ2n) is 9.17. The van der Waals surface area contributed by atoms with Gasteiger partial charge in [0.25, 0.3) is 0 Å². The van der Waals surface area contributed by atoms with E-state index >= 15 is 0 Å². The maximum Gasteiger partial charge on any atom is 0.0831 e. The Bertz CT molecular complexity index is 364. The van der Waals surface area contributed by atoms with Gasteiger partial charge >= 0.3 is 0 Å². The number of hydrogen-bond acceptors (Lipinski definition) is 1. The summed E-state index contributed by atoms with van der Waals surface area (Å²) >= 11 is 0. The molecule has 3 unspecified atom stereocenters. The highest BCUT2D eigenvalue weighted by Crippen LogP contribution is 2.22. The largest absolute Gasteiger partial charge is 0.386 e. The Morgan fingerprint density at radius 3 is 1.88 bits per heavy atom. The van der Waals surface area contributed by atoms with E-state index in [-0.39, 0.29) is 0 Å². The fourth-order valence-corrected chi connectivity index (χ4v) is 3.27. The van der Waals surface area contributed by atoms with Crippen molar-refractivity contribution in [2.45, 2.75) is 111 Å². The van der Waals surface area contributed by atoms with Gasteiger partial charge in [0.05, 0.1) is 5.60 Å². The third kappa shape index (κ3) is 15.4. The maximum atomic E-state index is 9.95. The van der Waals surface area contributed by atoms with Crippen molar-refractivity contribution in [3.63, 3.8) is 0 Å². The minimum Gasteiger partial charge on any atom is -0.386 e. The molecule has 0 saturated carbocycles. The summed E-state index contributed by atoms with van der Waals surface area (Å²) in [5.41, 5.74) is 0.633. The Morgan fingerprint density at radius 1 is 0.920 bits per heavy atom. The lowest BCUT2D eigenvalue weighted by Crippen LogP contribution is -2.18. The average Bonchev–Trinajstić information content (AvgIpc) is 2.52. The highest BCUT2D eigenvalue weighted by molar-refractivity contribution is 5.04. The molecule has 1 N–H and O–H groups in total. The average molecular weight is 351 g/mol. The summed E-state index contributed by atoms with van der Waals surface area (Å²) in [6.07, 6.45) is 16.6. The molecule has 25 heavy (non-hydrogen) atoms. The molecule has 0 aliphatic carbocycles. The molecule has 0 aromatic carbocycles. The molecular formula is C24H46O. The monoisotopic (exact) mass is 350 g/mol. The van der Waals surface area contributed by atoms with Crippen molar-refractivity contribution >= 4 is 0 Å². The summed E-state index contributed by atoms with van der Waals surface area (Å²) in [7, 11) is 0. The van der Waals surface area contributed by atoms with E-state index in [1.54, 1.807) is 6.08 Å². The van der Waals surface area contributed by atoms with E-state index in [2.05, 4.69) is 47.3 Å². The van der Waals surface area contributed by atoms with Crippen LogP contribution in [-0.2, 0) is 0 Å². The molecule has 0 saturated heterocycles. The summed E-state index contributed by atoms with van der Waals surface area (Å²) < 4.78 is 0. The Labute approximate surface area is 159 Å². The molecule has 0 aliphatic rings. The Morgan fingerprint density at radius 2 is 1.40 bits per heavy atom. The molecular weight excluding hydrogens is 304 g/mol. The highest BCUT2D eigenvalue weighted by Gasteiger charge is 2.12. The first-order valence-electron chi connectivity index (χ1n) is 10.7. The van der Waals surface area contributed by atoms with Crippen molar-refractivity contribution in [2.75, 3.05) is 0 Å². The fraction of sp³-hybridized carbons (Fsp3) is 0.833. The minimum absolute atomic E-state index is 0.673. The molecule has 3 atom stereocenters. The molecule has 0 radical (unpaired) electrons. The highest BCUT2D eigenvalue weighted by atomic mass is 16.3. The second kappa shape index (κ2) is 13.6. The lowest BCUT2D eigenvalue weighted by Gasteiger charge is -2.17. The van der Waals surface area contributed by atoms with Crippen molar-refractivity contribution < 1.29 is 5.11 Å². The first-order chi connectivity index (χ1) is 11.7. The predicted molar refractivity (Wildman–Crippen MR) is 114 cm³/mol. The van der Waals surface area contributed by atoms with Crippen molar-refractivity contribution in [3.8, 4) is 0 Å². The van der Waals surface area contributed by atoms with Gasteiger partial charge in [0, 0.05) is 0 Å². The van der Waals surface area contributed by atoms with Crippen LogP contribution in [0.4, 0.5) is 0 Å². The molecule has 1 heteroatoms.